The van der Waals surface area contributed by atoms with Gasteiger partial charge in [0.15, 0.2) is 27.3 Å². The molecule has 6 nitrogen and oxygen atoms in total. The van der Waals surface area contributed by atoms with Crippen LogP contribution in [0.2, 0.25) is 0 Å². The molecule has 2 aromatic rings. The van der Waals surface area contributed by atoms with Gasteiger partial charge in [0.25, 0.3) is 5.91 Å². The van der Waals surface area contributed by atoms with Crippen LogP contribution in [0.15, 0.2) is 35.2 Å². The highest BCUT2D eigenvalue weighted by atomic mass is 32.2. The quantitative estimate of drug-likeness (QED) is 0.499. The fourth-order valence-corrected chi connectivity index (χ4v) is 8.30. The number of halogens is 3. The lowest BCUT2D eigenvalue weighted by Gasteiger charge is -2.34. The molecule has 0 aromatic heterocycles. The van der Waals surface area contributed by atoms with E-state index in [-0.39, 0.29) is 33.6 Å². The molecule has 10 heteroatoms. The molecule has 2 saturated carbocycles. The number of nitrogens with one attached hydrogen (secondary N) is 1. The summed E-state index contributed by atoms with van der Waals surface area (Å²) in [5.41, 5.74) is 0.0451. The predicted molar refractivity (Wildman–Crippen MR) is 120 cm³/mol. The average Bonchev–Trinajstić information content (AvgIpc) is 3.45. The highest BCUT2D eigenvalue weighted by Gasteiger charge is 2.60. The third-order valence-electron chi connectivity index (χ3n) is 7.27. The van der Waals surface area contributed by atoms with Crippen molar-refractivity contribution >= 4 is 27.1 Å². The molecule has 1 spiro atoms. The fourth-order valence-electron chi connectivity index (χ4n) is 5.69. The van der Waals surface area contributed by atoms with E-state index in [1.165, 1.54) is 12.1 Å². The molecule has 1 heterocycles. The number of carbonyl (C=O) groups excluding carboxylic acids is 1. The molecule has 34 heavy (non-hydrogen) atoms. The van der Waals surface area contributed by atoms with Crippen LogP contribution in [0, 0.1) is 29.3 Å². The van der Waals surface area contributed by atoms with Gasteiger partial charge in [-0.25, -0.2) is 21.6 Å². The van der Waals surface area contributed by atoms with Crippen LogP contribution in [0.4, 0.5) is 24.5 Å². The largest absolute Gasteiger partial charge is 0.377 e. The first-order valence-corrected chi connectivity index (χ1v) is 12.7. The standard InChI is InChI=1S/C24H25F3N2O4S/c1-29(2)19-6-5-13(23(30)28-16-8-17(25)21(27)18(26)9-16)7-20(19)34(31,32)22-14-3-4-15(22)11-24(10-14)12-33-24/h5-9,14-15,22H,3-4,10-12H2,1-2H3,(H,28,30)/t14?,15?,22-,24-. The number of rotatable bonds is 5. The number of hydrogen-bond donors (Lipinski definition) is 1. The third-order valence-corrected chi connectivity index (χ3v) is 9.70. The molecule has 0 radical (unpaired) electrons. The van der Waals surface area contributed by atoms with Gasteiger partial charge >= 0.3 is 0 Å². The summed E-state index contributed by atoms with van der Waals surface area (Å²) in [5, 5.41) is 1.77. The second-order valence-corrected chi connectivity index (χ2v) is 11.8. The zero-order valence-electron chi connectivity index (χ0n) is 18.8. The van der Waals surface area contributed by atoms with Gasteiger partial charge in [-0.05, 0) is 55.7 Å². The first kappa shape index (κ1) is 23.2. The molecule has 182 valence electrons. The first-order valence-electron chi connectivity index (χ1n) is 11.2. The maximum atomic E-state index is 13.9. The number of anilines is 2. The van der Waals surface area contributed by atoms with Crippen molar-refractivity contribution in [1.82, 2.24) is 0 Å². The van der Waals surface area contributed by atoms with Crippen LogP contribution in [0.3, 0.4) is 0 Å². The van der Waals surface area contributed by atoms with E-state index in [0.29, 0.717) is 24.4 Å². The van der Waals surface area contributed by atoms with Gasteiger partial charge in [0.2, 0.25) is 0 Å². The molecule has 2 atom stereocenters. The molecule has 3 aliphatic rings. The van der Waals surface area contributed by atoms with Crippen LogP contribution >= 0.6 is 0 Å². The maximum absolute atomic E-state index is 13.9. The van der Waals surface area contributed by atoms with Crippen LogP contribution in [-0.4, -0.2) is 45.9 Å². The van der Waals surface area contributed by atoms with E-state index < -0.39 is 38.4 Å². The molecular weight excluding hydrogens is 469 g/mol. The van der Waals surface area contributed by atoms with E-state index in [1.807, 2.05) is 0 Å². The molecule has 2 bridgehead atoms. The Bertz CT molecular complexity index is 1240. The van der Waals surface area contributed by atoms with Crippen molar-refractivity contribution < 1.29 is 31.1 Å². The van der Waals surface area contributed by atoms with Crippen LogP contribution in [0.5, 0.6) is 0 Å². The number of hydrogen-bond acceptors (Lipinski definition) is 5. The van der Waals surface area contributed by atoms with Crippen molar-refractivity contribution in [1.29, 1.82) is 0 Å². The molecule has 1 aliphatic heterocycles. The molecule has 1 saturated heterocycles. The fraction of sp³-hybridized carbons (Fsp3) is 0.458. The van der Waals surface area contributed by atoms with Crippen molar-refractivity contribution in [3.05, 3.63) is 53.3 Å². The lowest BCUT2D eigenvalue weighted by atomic mass is 9.81. The Balaban J connectivity index is 1.48. The summed E-state index contributed by atoms with van der Waals surface area (Å²) < 4.78 is 73.8. The monoisotopic (exact) mass is 494 g/mol. The van der Waals surface area contributed by atoms with E-state index >= 15 is 0 Å². The number of nitrogens with zero attached hydrogens (tertiary/aromatic N) is 1. The van der Waals surface area contributed by atoms with Gasteiger partial charge in [-0.15, -0.1) is 0 Å². The minimum absolute atomic E-state index is 0.00362. The van der Waals surface area contributed by atoms with Crippen molar-refractivity contribution in [2.24, 2.45) is 11.8 Å². The summed E-state index contributed by atoms with van der Waals surface area (Å²) in [5.74, 6) is -5.27. The Hall–Kier alpha value is -2.59. The van der Waals surface area contributed by atoms with E-state index in [4.69, 9.17) is 4.74 Å². The lowest BCUT2D eigenvalue weighted by Crippen LogP contribution is -2.41. The number of ether oxygens (including phenoxy) is 1. The second kappa shape index (κ2) is 7.98. The molecule has 3 fully saturated rings. The summed E-state index contributed by atoms with van der Waals surface area (Å²) in [6, 6.07) is 5.63. The van der Waals surface area contributed by atoms with E-state index in [0.717, 1.165) is 25.7 Å². The number of sulfone groups is 1. The normalized spacial score (nSPS) is 27.6. The second-order valence-electron chi connectivity index (χ2n) is 9.77. The van der Waals surface area contributed by atoms with Gasteiger partial charge < -0.3 is 15.0 Å². The highest BCUT2D eigenvalue weighted by molar-refractivity contribution is 7.92. The minimum atomic E-state index is -3.79. The van der Waals surface area contributed by atoms with Crippen LogP contribution < -0.4 is 10.2 Å². The Labute approximate surface area is 196 Å². The number of epoxide rings is 1. The van der Waals surface area contributed by atoms with Gasteiger partial charge in [0.05, 0.1) is 28.0 Å². The van der Waals surface area contributed by atoms with Gasteiger partial charge in [-0.3, -0.25) is 4.79 Å². The maximum Gasteiger partial charge on any atom is 0.255 e. The molecule has 5 rings (SSSR count). The zero-order valence-corrected chi connectivity index (χ0v) is 19.6. The highest BCUT2D eigenvalue weighted by Crippen LogP contribution is 2.56. The Morgan fingerprint density at radius 1 is 1.06 bits per heavy atom. The van der Waals surface area contributed by atoms with Gasteiger partial charge in [-0.1, -0.05) is 0 Å². The van der Waals surface area contributed by atoms with Crippen molar-refractivity contribution in [2.75, 3.05) is 30.9 Å². The van der Waals surface area contributed by atoms with Crippen LogP contribution in [0.25, 0.3) is 0 Å². The molecule has 2 aliphatic carbocycles. The van der Waals surface area contributed by atoms with Crippen LogP contribution in [0.1, 0.15) is 36.0 Å². The van der Waals surface area contributed by atoms with Crippen molar-refractivity contribution in [3.63, 3.8) is 0 Å². The topological polar surface area (TPSA) is 79.0 Å². The summed E-state index contributed by atoms with van der Waals surface area (Å²) >= 11 is 0. The van der Waals surface area contributed by atoms with Crippen LogP contribution in [-0.2, 0) is 14.6 Å². The van der Waals surface area contributed by atoms with Gasteiger partial charge in [0, 0.05) is 37.5 Å². The van der Waals surface area contributed by atoms with Gasteiger partial charge in [-0.2, -0.15) is 0 Å². The summed E-state index contributed by atoms with van der Waals surface area (Å²) in [4.78, 5) is 14.5. The molecule has 1 N–H and O–H groups in total. The minimum Gasteiger partial charge on any atom is -0.377 e. The molecule has 2 aromatic carbocycles. The molecule has 1 amide bonds. The lowest BCUT2D eigenvalue weighted by molar-refractivity contribution is 0.102. The average molecular weight is 495 g/mol. The van der Waals surface area contributed by atoms with Crippen molar-refractivity contribution in [3.8, 4) is 0 Å². The SMILES string of the molecule is CN(C)c1ccc(C(=O)Nc2cc(F)c(F)c(F)c2)cc1S(=O)(=O)[C@H]1C2CCC1C[C@]1(CO1)C2. The zero-order chi connectivity index (χ0) is 24.4. The summed E-state index contributed by atoms with van der Waals surface area (Å²) in [6.45, 7) is 0.690. The summed E-state index contributed by atoms with van der Waals surface area (Å²) in [6.07, 6.45) is 3.12. The number of benzene rings is 2. The summed E-state index contributed by atoms with van der Waals surface area (Å²) in [7, 11) is -0.345. The predicted octanol–water partition coefficient (Wildman–Crippen LogP) is 4.15. The van der Waals surface area contributed by atoms with E-state index in [9.17, 15) is 26.4 Å². The Kier molecular flexibility index (Phi) is 5.44. The smallest absolute Gasteiger partial charge is 0.255 e. The molecular formula is C24H25F3N2O4S. The number of amides is 1. The van der Waals surface area contributed by atoms with Crippen molar-refractivity contribution in [2.45, 2.75) is 41.4 Å². The first-order chi connectivity index (χ1) is 16.0. The third kappa shape index (κ3) is 3.86. The van der Waals surface area contributed by atoms with E-state index in [2.05, 4.69) is 5.32 Å². The molecule has 2 unspecified atom stereocenters. The Morgan fingerprint density at radius 2 is 1.65 bits per heavy atom. The Morgan fingerprint density at radius 3 is 2.18 bits per heavy atom. The van der Waals surface area contributed by atoms with E-state index in [1.54, 1.807) is 25.1 Å². The number of carbonyl (C=O) groups is 1. The number of fused-ring (bicyclic) bond motifs is 2. The van der Waals surface area contributed by atoms with Gasteiger partial charge in [0.1, 0.15) is 0 Å².